The van der Waals surface area contributed by atoms with E-state index in [0.717, 1.165) is 12.1 Å². The maximum absolute atomic E-state index is 13.4. The first-order chi connectivity index (χ1) is 15.1. The molecule has 4 heterocycles. The first kappa shape index (κ1) is 20.0. The quantitative estimate of drug-likeness (QED) is 0.656. The highest BCUT2D eigenvalue weighted by Crippen LogP contribution is 2.43. The summed E-state index contributed by atoms with van der Waals surface area (Å²) in [7, 11) is 0. The molecule has 3 saturated heterocycles. The van der Waals surface area contributed by atoms with E-state index in [2.05, 4.69) is 5.16 Å². The molecule has 1 aromatic heterocycles. The minimum absolute atomic E-state index is 0.0807. The molecule has 3 aliphatic rings. The van der Waals surface area contributed by atoms with Crippen LogP contribution in [0, 0.1) is 18.3 Å². The first-order valence-corrected chi connectivity index (χ1v) is 9.63. The molecule has 4 amide bonds. The number of hydrogen-bond acceptors (Lipinski definition) is 6. The van der Waals surface area contributed by atoms with Crippen LogP contribution in [0.3, 0.4) is 0 Å². The van der Waals surface area contributed by atoms with E-state index in [-0.39, 0.29) is 17.9 Å². The van der Waals surface area contributed by atoms with E-state index in [9.17, 15) is 27.6 Å². The van der Waals surface area contributed by atoms with E-state index in [1.54, 1.807) is 6.92 Å². The number of imide groups is 1. The predicted octanol–water partition coefficient (Wildman–Crippen LogP) is 2.31. The smallest absolute Gasteiger partial charge is 0.361 e. The number of aromatic nitrogens is 1. The average molecular weight is 445 g/mol. The van der Waals surface area contributed by atoms with E-state index in [4.69, 9.17) is 9.78 Å². The molecule has 5 rings (SSSR count). The number of benzene rings is 1. The van der Waals surface area contributed by atoms with Crippen molar-refractivity contribution >= 4 is 23.5 Å². The lowest BCUT2D eigenvalue weighted by Crippen LogP contribution is -2.54. The van der Waals surface area contributed by atoms with Gasteiger partial charge in [0.1, 0.15) is 11.8 Å². The number of halogens is 3. The molecule has 32 heavy (non-hydrogen) atoms. The minimum Gasteiger partial charge on any atom is -0.361 e. The zero-order chi connectivity index (χ0) is 22.9. The summed E-state index contributed by atoms with van der Waals surface area (Å²) in [4.78, 5) is 42.5. The number of carbonyl (C=O) groups excluding carboxylic acids is 3. The number of amides is 4. The highest BCUT2D eigenvalue weighted by molar-refractivity contribution is 6.22. The van der Waals surface area contributed by atoms with Crippen molar-refractivity contribution in [1.29, 1.82) is 5.26 Å². The van der Waals surface area contributed by atoms with Crippen LogP contribution >= 0.6 is 0 Å². The number of nitriles is 1. The van der Waals surface area contributed by atoms with Gasteiger partial charge in [-0.25, -0.2) is 9.69 Å². The fourth-order valence-corrected chi connectivity index (χ4v) is 4.75. The van der Waals surface area contributed by atoms with Crippen LogP contribution in [0.25, 0.3) is 0 Å². The van der Waals surface area contributed by atoms with Crippen molar-refractivity contribution in [2.45, 2.75) is 37.6 Å². The molecule has 3 aliphatic heterocycles. The molecular weight excluding hydrogens is 431 g/mol. The number of alkyl halides is 3. The summed E-state index contributed by atoms with van der Waals surface area (Å²) in [5, 5.41) is 12.7. The third kappa shape index (κ3) is 2.70. The molecule has 0 aliphatic carbocycles. The predicted molar refractivity (Wildman–Crippen MR) is 99.1 cm³/mol. The molecule has 9 nitrogen and oxygen atoms in total. The average Bonchev–Trinajstić information content (AvgIpc) is 3.50. The molecule has 164 valence electrons. The van der Waals surface area contributed by atoms with Gasteiger partial charge in [-0.3, -0.25) is 9.59 Å². The Morgan fingerprint density at radius 3 is 2.66 bits per heavy atom. The maximum Gasteiger partial charge on any atom is 0.417 e. The highest BCUT2D eigenvalue weighted by Gasteiger charge is 2.63. The van der Waals surface area contributed by atoms with Crippen molar-refractivity contribution < 1.29 is 32.1 Å². The van der Waals surface area contributed by atoms with Gasteiger partial charge in [-0.2, -0.15) is 18.4 Å². The molecule has 2 bridgehead atoms. The van der Waals surface area contributed by atoms with Gasteiger partial charge in [0.25, 0.3) is 11.8 Å². The lowest BCUT2D eigenvalue weighted by Gasteiger charge is -2.34. The van der Waals surface area contributed by atoms with Gasteiger partial charge < -0.3 is 14.3 Å². The third-order valence-corrected chi connectivity index (χ3v) is 6.06. The molecule has 0 radical (unpaired) electrons. The normalized spacial score (nSPS) is 24.3. The Hall–Kier alpha value is -3.88. The number of fused-ring (bicyclic) bond motifs is 5. The van der Waals surface area contributed by atoms with Crippen LogP contribution in [0.2, 0.25) is 0 Å². The molecular formula is C20H14F3N5O4. The van der Waals surface area contributed by atoms with Gasteiger partial charge in [0.15, 0.2) is 5.69 Å². The molecule has 0 saturated carbocycles. The Morgan fingerprint density at radius 1 is 1.28 bits per heavy atom. The Balaban J connectivity index is 1.47. The molecule has 2 aromatic rings. The summed E-state index contributed by atoms with van der Waals surface area (Å²) in [5.41, 5.74) is -2.03. The lowest BCUT2D eigenvalue weighted by molar-refractivity contribution is -0.137. The van der Waals surface area contributed by atoms with Crippen LogP contribution in [0.5, 0.6) is 0 Å². The second-order valence-electron chi connectivity index (χ2n) is 7.88. The van der Waals surface area contributed by atoms with E-state index < -0.39 is 53.3 Å². The van der Waals surface area contributed by atoms with Gasteiger partial charge in [-0.05, 0) is 31.5 Å². The van der Waals surface area contributed by atoms with Crippen LogP contribution in [0.15, 0.2) is 28.8 Å². The topological polar surface area (TPSA) is 111 Å². The second-order valence-corrected chi connectivity index (χ2v) is 7.88. The monoisotopic (exact) mass is 445 g/mol. The number of urea groups is 1. The number of aryl methyl sites for hydroxylation is 1. The molecule has 2 unspecified atom stereocenters. The number of likely N-dealkylation sites (tertiary alicyclic amines) is 1. The van der Waals surface area contributed by atoms with Crippen molar-refractivity contribution in [1.82, 2.24) is 15.0 Å². The first-order valence-electron chi connectivity index (χ1n) is 9.63. The number of piperazine rings is 1. The zero-order valence-electron chi connectivity index (χ0n) is 16.5. The summed E-state index contributed by atoms with van der Waals surface area (Å²) >= 11 is 0. The van der Waals surface area contributed by atoms with Crippen molar-refractivity contribution in [2.75, 3.05) is 11.4 Å². The Morgan fingerprint density at radius 2 is 2.03 bits per heavy atom. The standard InChI is InChI=1S/C20H14F3N5O4/c1-9-4-14(25-32-9)17(29)26-8-12-6-15(26)16-18(30)28(19(31)27(12)16)11-3-2-10(7-24)13(5-11)20(21,22)23/h2-5,12,15-16H,6,8H2,1H3/t12-,15?,16?/m1/s1. The van der Waals surface area contributed by atoms with Gasteiger partial charge in [0.2, 0.25) is 0 Å². The number of rotatable bonds is 2. The Bertz CT molecular complexity index is 1220. The zero-order valence-corrected chi connectivity index (χ0v) is 16.5. The van der Waals surface area contributed by atoms with Crippen LogP contribution in [-0.2, 0) is 11.0 Å². The minimum atomic E-state index is -4.83. The van der Waals surface area contributed by atoms with Gasteiger partial charge in [0.05, 0.1) is 35.0 Å². The summed E-state index contributed by atoms with van der Waals surface area (Å²) in [5.74, 6) is -0.710. The van der Waals surface area contributed by atoms with Gasteiger partial charge >= 0.3 is 12.2 Å². The van der Waals surface area contributed by atoms with E-state index in [0.29, 0.717) is 23.1 Å². The van der Waals surface area contributed by atoms with Crippen LogP contribution < -0.4 is 4.90 Å². The second kappa shape index (κ2) is 6.56. The Labute approximate surface area is 178 Å². The van der Waals surface area contributed by atoms with E-state index in [1.807, 2.05) is 0 Å². The van der Waals surface area contributed by atoms with Crippen molar-refractivity contribution in [3.8, 4) is 6.07 Å². The molecule has 1 aromatic carbocycles. The van der Waals surface area contributed by atoms with E-state index >= 15 is 0 Å². The third-order valence-electron chi connectivity index (χ3n) is 6.06. The number of anilines is 1. The van der Waals surface area contributed by atoms with Gasteiger partial charge in [-0.1, -0.05) is 5.16 Å². The summed E-state index contributed by atoms with van der Waals surface area (Å²) in [6.45, 7) is 1.81. The summed E-state index contributed by atoms with van der Waals surface area (Å²) in [6.07, 6.45) is -4.44. The van der Waals surface area contributed by atoms with E-state index in [1.165, 1.54) is 21.9 Å². The maximum atomic E-state index is 13.4. The summed E-state index contributed by atoms with van der Waals surface area (Å²) in [6, 6.07) is 2.82. The number of hydrogen-bond donors (Lipinski definition) is 0. The number of nitrogens with zero attached hydrogens (tertiary/aromatic N) is 5. The largest absolute Gasteiger partial charge is 0.417 e. The van der Waals surface area contributed by atoms with Crippen LogP contribution in [0.1, 0.15) is 33.8 Å². The van der Waals surface area contributed by atoms with Crippen molar-refractivity contribution in [3.63, 3.8) is 0 Å². The molecule has 0 spiro atoms. The fourth-order valence-electron chi connectivity index (χ4n) is 4.75. The molecule has 3 atom stereocenters. The SMILES string of the molecule is Cc1cc(C(=O)N2C[C@H]3CC2C2C(=O)N(c4ccc(C#N)c(C(F)(F)F)c4)C(=O)N23)no1. The fraction of sp³-hybridized carbons (Fsp3) is 0.350. The molecule has 0 N–H and O–H groups in total. The molecule has 3 fully saturated rings. The summed E-state index contributed by atoms with van der Waals surface area (Å²) < 4.78 is 45.0. The van der Waals surface area contributed by atoms with Gasteiger partial charge in [-0.15, -0.1) is 0 Å². The van der Waals surface area contributed by atoms with Crippen LogP contribution in [-0.4, -0.2) is 57.5 Å². The van der Waals surface area contributed by atoms with Gasteiger partial charge in [0, 0.05) is 12.6 Å². The van der Waals surface area contributed by atoms with Crippen molar-refractivity contribution in [3.05, 3.63) is 46.8 Å². The highest BCUT2D eigenvalue weighted by atomic mass is 19.4. The number of carbonyl (C=O) groups is 3. The van der Waals surface area contributed by atoms with Crippen molar-refractivity contribution in [2.24, 2.45) is 0 Å². The van der Waals surface area contributed by atoms with Crippen LogP contribution in [0.4, 0.5) is 23.7 Å². The molecule has 12 heteroatoms. The Kier molecular flexibility index (Phi) is 4.11. The lowest BCUT2D eigenvalue weighted by atomic mass is 10.1.